The Labute approximate surface area is 170 Å². The number of hydrogen-bond acceptors (Lipinski definition) is 5. The summed E-state index contributed by atoms with van der Waals surface area (Å²) >= 11 is 0. The van der Waals surface area contributed by atoms with Crippen LogP contribution >= 0.6 is 0 Å². The fourth-order valence-corrected chi connectivity index (χ4v) is 3.73. The summed E-state index contributed by atoms with van der Waals surface area (Å²) in [6, 6.07) is 16.0. The van der Waals surface area contributed by atoms with Crippen LogP contribution < -0.4 is 10.1 Å². The first kappa shape index (κ1) is 19.2. The predicted molar refractivity (Wildman–Crippen MR) is 109 cm³/mol. The summed E-state index contributed by atoms with van der Waals surface area (Å²) in [7, 11) is 0. The van der Waals surface area contributed by atoms with Gasteiger partial charge in [0.1, 0.15) is 5.75 Å². The minimum Gasteiger partial charge on any atom is -0.494 e. The van der Waals surface area contributed by atoms with Crippen LogP contribution in [-0.4, -0.2) is 22.7 Å². The summed E-state index contributed by atoms with van der Waals surface area (Å²) in [5.74, 6) is 1.80. The Balaban J connectivity index is 1.32. The van der Waals surface area contributed by atoms with Gasteiger partial charge in [0, 0.05) is 18.4 Å². The molecule has 1 aliphatic rings. The number of benzene rings is 2. The molecule has 1 unspecified atom stereocenters. The van der Waals surface area contributed by atoms with Crippen LogP contribution in [0.5, 0.6) is 5.75 Å². The van der Waals surface area contributed by atoms with Gasteiger partial charge in [-0.3, -0.25) is 4.79 Å². The molecule has 6 heteroatoms. The number of carbonyl (C=O) groups is 1. The molecule has 150 valence electrons. The van der Waals surface area contributed by atoms with Crippen molar-refractivity contribution in [2.75, 3.05) is 6.61 Å². The highest BCUT2D eigenvalue weighted by molar-refractivity contribution is 5.76. The minimum atomic E-state index is 0.00696. The Morgan fingerprint density at radius 1 is 1.21 bits per heavy atom. The third kappa shape index (κ3) is 4.65. The molecular formula is C23H25N3O3. The van der Waals surface area contributed by atoms with Gasteiger partial charge in [-0.25, -0.2) is 0 Å². The smallest absolute Gasteiger partial charge is 0.227 e. The topological polar surface area (TPSA) is 77.2 Å². The molecule has 1 N–H and O–H groups in total. The third-order valence-corrected chi connectivity index (χ3v) is 5.16. The number of aromatic nitrogens is 2. The number of hydrogen-bond donors (Lipinski definition) is 1. The highest BCUT2D eigenvalue weighted by Crippen LogP contribution is 2.29. The molecule has 0 radical (unpaired) electrons. The Morgan fingerprint density at radius 2 is 2.03 bits per heavy atom. The molecule has 1 atom stereocenters. The second kappa shape index (κ2) is 8.90. The molecule has 0 saturated heterocycles. The normalized spacial score (nSPS) is 15.6. The van der Waals surface area contributed by atoms with E-state index in [-0.39, 0.29) is 11.9 Å². The van der Waals surface area contributed by atoms with Crippen molar-refractivity contribution < 1.29 is 14.1 Å². The standard InChI is InChI=1S/C23H25N3O3/c1-2-28-18-12-10-17(11-13-18)23-25-22(29-26-23)15-14-21(27)24-20-9-5-7-16-6-3-4-8-19(16)20/h3-4,6,8,10-13,20H,2,5,7,9,14-15H2,1H3,(H,24,27). The maximum Gasteiger partial charge on any atom is 0.227 e. The lowest BCUT2D eigenvalue weighted by atomic mass is 9.87. The maximum absolute atomic E-state index is 12.5. The SMILES string of the molecule is CCOc1ccc(-c2noc(CCC(=O)NC3CCCc4ccccc43)n2)cc1. The van der Waals surface area contributed by atoms with Crippen LogP contribution in [0.3, 0.4) is 0 Å². The lowest BCUT2D eigenvalue weighted by molar-refractivity contribution is -0.122. The van der Waals surface area contributed by atoms with Crippen molar-refractivity contribution in [1.29, 1.82) is 0 Å². The average molecular weight is 391 g/mol. The molecule has 1 aliphatic carbocycles. The van der Waals surface area contributed by atoms with Gasteiger partial charge in [0.2, 0.25) is 17.6 Å². The van der Waals surface area contributed by atoms with Gasteiger partial charge in [0.15, 0.2) is 0 Å². The van der Waals surface area contributed by atoms with Gasteiger partial charge in [0.05, 0.1) is 12.6 Å². The fraction of sp³-hybridized carbons (Fsp3) is 0.348. The average Bonchev–Trinajstić information content (AvgIpc) is 3.22. The van der Waals surface area contributed by atoms with E-state index in [2.05, 4.69) is 33.7 Å². The van der Waals surface area contributed by atoms with Crippen LogP contribution in [0.15, 0.2) is 53.1 Å². The van der Waals surface area contributed by atoms with Crippen LogP contribution in [-0.2, 0) is 17.6 Å². The molecular weight excluding hydrogens is 366 g/mol. The van der Waals surface area contributed by atoms with E-state index in [0.717, 1.165) is 30.6 Å². The van der Waals surface area contributed by atoms with Crippen molar-refractivity contribution >= 4 is 5.91 Å². The van der Waals surface area contributed by atoms with Crippen molar-refractivity contribution in [2.24, 2.45) is 0 Å². The van der Waals surface area contributed by atoms with Crippen molar-refractivity contribution in [3.05, 3.63) is 65.5 Å². The number of nitrogens with zero attached hydrogens (tertiary/aromatic N) is 2. The van der Waals surface area contributed by atoms with Crippen LogP contribution in [0.25, 0.3) is 11.4 Å². The van der Waals surface area contributed by atoms with E-state index in [9.17, 15) is 4.79 Å². The molecule has 0 saturated carbocycles. The molecule has 6 nitrogen and oxygen atoms in total. The number of amides is 1. The molecule has 1 amide bonds. The summed E-state index contributed by atoms with van der Waals surface area (Å²) in [6.45, 7) is 2.57. The number of nitrogens with one attached hydrogen (secondary N) is 1. The summed E-state index contributed by atoms with van der Waals surface area (Å²) in [5.41, 5.74) is 3.43. The Morgan fingerprint density at radius 3 is 2.86 bits per heavy atom. The lowest BCUT2D eigenvalue weighted by Gasteiger charge is -2.26. The number of rotatable bonds is 7. The van der Waals surface area contributed by atoms with Crippen molar-refractivity contribution in [2.45, 2.75) is 45.1 Å². The van der Waals surface area contributed by atoms with Gasteiger partial charge < -0.3 is 14.6 Å². The number of fused-ring (bicyclic) bond motifs is 1. The largest absolute Gasteiger partial charge is 0.494 e. The van der Waals surface area contributed by atoms with E-state index >= 15 is 0 Å². The second-order valence-corrected chi connectivity index (χ2v) is 7.18. The van der Waals surface area contributed by atoms with Crippen molar-refractivity contribution in [1.82, 2.24) is 15.5 Å². The maximum atomic E-state index is 12.5. The van der Waals surface area contributed by atoms with E-state index in [1.165, 1.54) is 11.1 Å². The summed E-state index contributed by atoms with van der Waals surface area (Å²) in [4.78, 5) is 16.9. The molecule has 1 aromatic heterocycles. The van der Waals surface area contributed by atoms with E-state index in [0.29, 0.717) is 31.2 Å². The number of aryl methyl sites for hydroxylation is 2. The molecule has 0 spiro atoms. The predicted octanol–water partition coefficient (Wildman–Crippen LogP) is 4.26. The second-order valence-electron chi connectivity index (χ2n) is 7.18. The summed E-state index contributed by atoms with van der Waals surface area (Å²) in [5, 5.41) is 7.19. The van der Waals surface area contributed by atoms with Gasteiger partial charge in [-0.05, 0) is 61.6 Å². The molecule has 1 heterocycles. The Bertz CT molecular complexity index is 966. The van der Waals surface area contributed by atoms with Crippen LogP contribution in [0.1, 0.15) is 49.2 Å². The van der Waals surface area contributed by atoms with Gasteiger partial charge >= 0.3 is 0 Å². The summed E-state index contributed by atoms with van der Waals surface area (Å²) in [6.07, 6.45) is 3.90. The monoisotopic (exact) mass is 391 g/mol. The number of ether oxygens (including phenoxy) is 1. The quantitative estimate of drug-likeness (QED) is 0.651. The highest BCUT2D eigenvalue weighted by Gasteiger charge is 2.21. The van der Waals surface area contributed by atoms with E-state index in [1.54, 1.807) is 0 Å². The van der Waals surface area contributed by atoms with Gasteiger partial charge in [0.25, 0.3) is 0 Å². The number of carbonyl (C=O) groups excluding carboxylic acids is 1. The van der Waals surface area contributed by atoms with Gasteiger partial charge in [-0.2, -0.15) is 4.98 Å². The molecule has 4 rings (SSSR count). The van der Waals surface area contributed by atoms with Crippen LogP contribution in [0, 0.1) is 0 Å². The molecule has 2 aromatic carbocycles. The molecule has 3 aromatic rings. The first-order valence-electron chi connectivity index (χ1n) is 10.2. The van der Waals surface area contributed by atoms with E-state index in [4.69, 9.17) is 9.26 Å². The van der Waals surface area contributed by atoms with Gasteiger partial charge in [-0.1, -0.05) is 29.4 Å². The zero-order chi connectivity index (χ0) is 20.1. The summed E-state index contributed by atoms with van der Waals surface area (Å²) < 4.78 is 10.8. The Kier molecular flexibility index (Phi) is 5.89. The van der Waals surface area contributed by atoms with Crippen molar-refractivity contribution in [3.8, 4) is 17.1 Å². The van der Waals surface area contributed by atoms with Crippen LogP contribution in [0.4, 0.5) is 0 Å². The molecule has 0 fully saturated rings. The third-order valence-electron chi connectivity index (χ3n) is 5.16. The van der Waals surface area contributed by atoms with Crippen molar-refractivity contribution in [3.63, 3.8) is 0 Å². The molecule has 29 heavy (non-hydrogen) atoms. The highest BCUT2D eigenvalue weighted by atomic mass is 16.5. The van der Waals surface area contributed by atoms with Gasteiger partial charge in [-0.15, -0.1) is 0 Å². The Hall–Kier alpha value is -3.15. The first-order valence-corrected chi connectivity index (χ1v) is 10.2. The minimum absolute atomic E-state index is 0.00696. The molecule has 0 bridgehead atoms. The zero-order valence-electron chi connectivity index (χ0n) is 16.6. The first-order chi connectivity index (χ1) is 14.2. The zero-order valence-corrected chi connectivity index (χ0v) is 16.6. The fourth-order valence-electron chi connectivity index (χ4n) is 3.73. The lowest BCUT2D eigenvalue weighted by Crippen LogP contribution is -2.31. The molecule has 0 aliphatic heterocycles. The van der Waals surface area contributed by atoms with Crippen LogP contribution in [0.2, 0.25) is 0 Å². The van der Waals surface area contributed by atoms with E-state index in [1.807, 2.05) is 37.3 Å². The van der Waals surface area contributed by atoms with E-state index < -0.39 is 0 Å².